The average molecular weight is 362 g/mol. The maximum Gasteiger partial charge on any atom is 0.498 e. The molecule has 0 bridgehead atoms. The van der Waals surface area contributed by atoms with Crippen molar-refractivity contribution in [1.29, 1.82) is 0 Å². The average Bonchev–Trinajstić information content (AvgIpc) is 2.84. The Hall–Kier alpha value is -1.22. The van der Waals surface area contributed by atoms with Crippen molar-refractivity contribution >= 4 is 18.5 Å². The van der Waals surface area contributed by atoms with E-state index in [1.165, 1.54) is 0 Å². The van der Waals surface area contributed by atoms with Gasteiger partial charge >= 0.3 is 7.12 Å². The van der Waals surface area contributed by atoms with Crippen LogP contribution in [-0.4, -0.2) is 66.2 Å². The minimum Gasteiger partial charge on any atom is -0.399 e. The Kier molecular flexibility index (Phi) is 5.86. The first-order valence-corrected chi connectivity index (χ1v) is 9.56. The second kappa shape index (κ2) is 7.80. The third kappa shape index (κ3) is 4.19. The molecule has 3 heterocycles. The van der Waals surface area contributed by atoms with Crippen LogP contribution in [0.15, 0.2) is 12.4 Å². The molecule has 0 amide bonds. The van der Waals surface area contributed by atoms with Crippen LogP contribution >= 0.6 is 0 Å². The molecule has 1 aromatic rings. The predicted octanol–water partition coefficient (Wildman–Crippen LogP) is 0.574. The van der Waals surface area contributed by atoms with Gasteiger partial charge in [-0.15, -0.1) is 0 Å². The van der Waals surface area contributed by atoms with Crippen LogP contribution in [0.2, 0.25) is 0 Å². The monoisotopic (exact) mass is 362 g/mol. The lowest BCUT2D eigenvalue weighted by molar-refractivity contribution is 0.00578. The van der Waals surface area contributed by atoms with Gasteiger partial charge in [0.1, 0.15) is 0 Å². The Balaban J connectivity index is 1.54. The summed E-state index contributed by atoms with van der Waals surface area (Å²) in [5, 5.41) is 12.1. The molecule has 8 heteroatoms. The molecular weight excluding hydrogens is 331 g/mol. The minimum atomic E-state index is -0.419. The zero-order chi connectivity index (χ0) is 18.8. The summed E-state index contributed by atoms with van der Waals surface area (Å²) < 4.78 is 12.1. The highest BCUT2D eigenvalue weighted by Gasteiger charge is 2.52. The first-order chi connectivity index (χ1) is 12.3. The lowest BCUT2D eigenvalue weighted by atomic mass is 9.81. The number of nitrogens with zero attached hydrogens (tertiary/aromatic N) is 3. The standard InChI is InChI=1S/C18H31BN4O3/c1-17(2)18(3,4)26-19(25-17)15-12-21-16(22-13-15)23-8-5-14(6-9-23)11-20-7-10-24/h12-14,20,24H,5-11H2,1-4H3. The number of piperidine rings is 1. The second-order valence-electron chi connectivity index (χ2n) is 8.26. The molecular formula is C18H31BN4O3. The van der Waals surface area contributed by atoms with Gasteiger partial charge in [0.2, 0.25) is 5.95 Å². The SMILES string of the molecule is CC1(C)OB(c2cnc(N3CCC(CNCCO)CC3)nc2)OC1(C)C. The van der Waals surface area contributed by atoms with E-state index in [0.29, 0.717) is 12.5 Å². The summed E-state index contributed by atoms with van der Waals surface area (Å²) >= 11 is 0. The number of aliphatic hydroxyl groups is 1. The normalized spacial score (nSPS) is 22.8. The van der Waals surface area contributed by atoms with Gasteiger partial charge in [-0.05, 0) is 53.0 Å². The summed E-state index contributed by atoms with van der Waals surface area (Å²) in [5.41, 5.74) is 0.139. The third-order valence-electron chi connectivity index (χ3n) is 5.80. The van der Waals surface area contributed by atoms with Crippen LogP contribution < -0.4 is 15.7 Å². The molecule has 0 saturated carbocycles. The van der Waals surface area contributed by atoms with Crippen molar-refractivity contribution in [3.8, 4) is 0 Å². The van der Waals surface area contributed by atoms with Crippen molar-refractivity contribution in [1.82, 2.24) is 15.3 Å². The lowest BCUT2D eigenvalue weighted by Gasteiger charge is -2.32. The Morgan fingerprint density at radius 3 is 2.27 bits per heavy atom. The molecule has 0 aromatic carbocycles. The number of hydrogen-bond donors (Lipinski definition) is 2. The Morgan fingerprint density at radius 1 is 1.15 bits per heavy atom. The molecule has 0 atom stereocenters. The number of aromatic nitrogens is 2. The maximum absolute atomic E-state index is 8.84. The Labute approximate surface area is 156 Å². The largest absolute Gasteiger partial charge is 0.498 e. The highest BCUT2D eigenvalue weighted by Crippen LogP contribution is 2.36. The number of aliphatic hydroxyl groups excluding tert-OH is 1. The van der Waals surface area contributed by atoms with Gasteiger partial charge in [-0.3, -0.25) is 0 Å². The molecule has 1 aromatic heterocycles. The van der Waals surface area contributed by atoms with Gasteiger partial charge in [-0.1, -0.05) is 0 Å². The molecule has 0 radical (unpaired) electrons. The van der Waals surface area contributed by atoms with Crippen LogP contribution in [0.25, 0.3) is 0 Å². The van der Waals surface area contributed by atoms with Crippen LogP contribution in [0.5, 0.6) is 0 Å². The molecule has 2 fully saturated rings. The van der Waals surface area contributed by atoms with Crippen molar-refractivity contribution in [2.75, 3.05) is 37.7 Å². The predicted molar refractivity (Wildman–Crippen MR) is 103 cm³/mol. The number of hydrogen-bond acceptors (Lipinski definition) is 7. The van der Waals surface area contributed by atoms with Gasteiger partial charge in [0.25, 0.3) is 0 Å². The van der Waals surface area contributed by atoms with Gasteiger partial charge in [0, 0.05) is 37.5 Å². The fourth-order valence-corrected chi connectivity index (χ4v) is 3.32. The van der Waals surface area contributed by atoms with E-state index in [0.717, 1.165) is 43.9 Å². The van der Waals surface area contributed by atoms with Crippen molar-refractivity contribution in [2.45, 2.75) is 51.7 Å². The molecule has 2 N–H and O–H groups in total. The zero-order valence-electron chi connectivity index (χ0n) is 16.4. The lowest BCUT2D eigenvalue weighted by Crippen LogP contribution is -2.41. The van der Waals surface area contributed by atoms with E-state index in [9.17, 15) is 0 Å². The molecule has 0 unspecified atom stereocenters. The maximum atomic E-state index is 8.84. The first kappa shape index (κ1) is 19.5. The summed E-state index contributed by atoms with van der Waals surface area (Å²) in [6.45, 7) is 11.9. The molecule has 3 rings (SSSR count). The van der Waals surface area contributed by atoms with Gasteiger partial charge in [0.15, 0.2) is 0 Å². The van der Waals surface area contributed by atoms with E-state index in [2.05, 4.69) is 20.2 Å². The minimum absolute atomic E-state index is 0.196. The van der Waals surface area contributed by atoms with E-state index in [4.69, 9.17) is 14.4 Å². The van der Waals surface area contributed by atoms with Crippen molar-refractivity contribution in [3.63, 3.8) is 0 Å². The third-order valence-corrected chi connectivity index (χ3v) is 5.80. The van der Waals surface area contributed by atoms with E-state index >= 15 is 0 Å². The Bertz CT molecular complexity index is 573. The van der Waals surface area contributed by atoms with Gasteiger partial charge < -0.3 is 24.6 Å². The van der Waals surface area contributed by atoms with Crippen molar-refractivity contribution < 1.29 is 14.4 Å². The second-order valence-corrected chi connectivity index (χ2v) is 8.26. The van der Waals surface area contributed by atoms with Crippen LogP contribution in [-0.2, 0) is 9.31 Å². The van der Waals surface area contributed by atoms with Crippen molar-refractivity contribution in [2.24, 2.45) is 5.92 Å². The summed E-state index contributed by atoms with van der Waals surface area (Å²) in [4.78, 5) is 11.3. The molecule has 2 aliphatic rings. The molecule has 0 spiro atoms. The highest BCUT2D eigenvalue weighted by molar-refractivity contribution is 6.61. The molecule has 144 valence electrons. The fraction of sp³-hybridized carbons (Fsp3) is 0.778. The van der Waals surface area contributed by atoms with E-state index in [1.807, 2.05) is 40.1 Å². The van der Waals surface area contributed by atoms with E-state index in [1.54, 1.807) is 0 Å². The van der Waals surface area contributed by atoms with Crippen LogP contribution in [0.3, 0.4) is 0 Å². The van der Waals surface area contributed by atoms with Crippen LogP contribution in [0, 0.1) is 5.92 Å². The summed E-state index contributed by atoms with van der Waals surface area (Å²) in [6, 6.07) is 0. The quantitative estimate of drug-likeness (QED) is 0.566. The first-order valence-electron chi connectivity index (χ1n) is 9.56. The molecule has 2 aliphatic heterocycles. The van der Waals surface area contributed by atoms with Crippen LogP contribution in [0.1, 0.15) is 40.5 Å². The molecule has 26 heavy (non-hydrogen) atoms. The van der Waals surface area contributed by atoms with Gasteiger partial charge in [0.05, 0.1) is 17.8 Å². The van der Waals surface area contributed by atoms with Gasteiger partial charge in [-0.25, -0.2) is 9.97 Å². The topological polar surface area (TPSA) is 79.7 Å². The van der Waals surface area contributed by atoms with Crippen molar-refractivity contribution in [3.05, 3.63) is 12.4 Å². The number of nitrogens with one attached hydrogen (secondary N) is 1. The molecule has 0 aliphatic carbocycles. The highest BCUT2D eigenvalue weighted by atomic mass is 16.7. The Morgan fingerprint density at radius 2 is 1.73 bits per heavy atom. The number of anilines is 1. The fourth-order valence-electron chi connectivity index (χ4n) is 3.32. The zero-order valence-corrected chi connectivity index (χ0v) is 16.4. The van der Waals surface area contributed by atoms with E-state index < -0.39 is 7.12 Å². The molecule has 7 nitrogen and oxygen atoms in total. The molecule has 2 saturated heterocycles. The number of rotatable bonds is 6. The van der Waals surface area contributed by atoms with E-state index in [-0.39, 0.29) is 17.8 Å². The summed E-state index contributed by atoms with van der Waals surface area (Å²) in [6.07, 6.45) is 5.86. The smallest absolute Gasteiger partial charge is 0.399 e. The summed E-state index contributed by atoms with van der Waals surface area (Å²) in [5.74, 6) is 1.42. The van der Waals surface area contributed by atoms with Crippen LogP contribution in [0.4, 0.5) is 5.95 Å². The van der Waals surface area contributed by atoms with Gasteiger partial charge in [-0.2, -0.15) is 0 Å². The summed E-state index contributed by atoms with van der Waals surface area (Å²) in [7, 11) is -0.419.